The van der Waals surface area contributed by atoms with Crippen molar-refractivity contribution in [3.05, 3.63) is 59.2 Å². The van der Waals surface area contributed by atoms with E-state index >= 15 is 0 Å². The van der Waals surface area contributed by atoms with E-state index in [9.17, 15) is 22.4 Å². The molecule has 1 heterocycles. The molecule has 0 spiro atoms. The first-order chi connectivity index (χ1) is 9.88. The first-order valence-corrected chi connectivity index (χ1v) is 5.79. The molecule has 110 valence electrons. The first-order valence-electron chi connectivity index (χ1n) is 5.79. The lowest BCUT2D eigenvalue weighted by atomic mass is 10.1. The van der Waals surface area contributed by atoms with Crippen molar-refractivity contribution in [2.24, 2.45) is 0 Å². The number of amides is 1. The molecule has 1 N–H and O–H groups in total. The van der Waals surface area contributed by atoms with Crippen LogP contribution >= 0.6 is 0 Å². The van der Waals surface area contributed by atoms with Crippen molar-refractivity contribution >= 4 is 5.91 Å². The van der Waals surface area contributed by atoms with Crippen molar-refractivity contribution in [1.82, 2.24) is 15.5 Å². The van der Waals surface area contributed by atoms with Gasteiger partial charge in [-0.05, 0) is 30.3 Å². The SMILES string of the molecule is O=C(NCc1cccnn1)c1ccc(F)c(C(F)(F)F)c1. The zero-order chi connectivity index (χ0) is 15.5. The highest BCUT2D eigenvalue weighted by Crippen LogP contribution is 2.31. The lowest BCUT2D eigenvalue weighted by Gasteiger charge is -2.10. The predicted molar refractivity (Wildman–Crippen MR) is 64.6 cm³/mol. The number of benzene rings is 1. The fourth-order valence-corrected chi connectivity index (χ4v) is 1.58. The number of carbonyl (C=O) groups is 1. The van der Waals surface area contributed by atoms with Crippen molar-refractivity contribution in [3.8, 4) is 0 Å². The Labute approximate surface area is 116 Å². The molecule has 0 aliphatic carbocycles. The van der Waals surface area contributed by atoms with Gasteiger partial charge in [-0.1, -0.05) is 0 Å². The van der Waals surface area contributed by atoms with E-state index in [-0.39, 0.29) is 12.1 Å². The normalized spacial score (nSPS) is 11.2. The number of rotatable bonds is 3. The van der Waals surface area contributed by atoms with Crippen LogP contribution < -0.4 is 5.32 Å². The first kappa shape index (κ1) is 14.9. The van der Waals surface area contributed by atoms with E-state index in [1.165, 1.54) is 6.20 Å². The van der Waals surface area contributed by atoms with E-state index < -0.39 is 23.5 Å². The Hall–Kier alpha value is -2.51. The molecule has 21 heavy (non-hydrogen) atoms. The highest BCUT2D eigenvalue weighted by Gasteiger charge is 2.34. The molecule has 1 amide bonds. The summed E-state index contributed by atoms with van der Waals surface area (Å²) in [5.74, 6) is -2.18. The maximum Gasteiger partial charge on any atom is 0.419 e. The minimum Gasteiger partial charge on any atom is -0.346 e. The maximum absolute atomic E-state index is 13.1. The molecular formula is C13H9F4N3O. The van der Waals surface area contributed by atoms with Crippen LogP contribution in [0.4, 0.5) is 17.6 Å². The minimum absolute atomic E-state index is 0.00536. The zero-order valence-corrected chi connectivity index (χ0v) is 10.5. The van der Waals surface area contributed by atoms with E-state index in [0.717, 1.165) is 6.07 Å². The Morgan fingerprint density at radius 1 is 1.24 bits per heavy atom. The van der Waals surface area contributed by atoms with Crippen LogP contribution in [-0.4, -0.2) is 16.1 Å². The smallest absolute Gasteiger partial charge is 0.346 e. The third kappa shape index (κ3) is 3.74. The number of hydrogen-bond donors (Lipinski definition) is 1. The topological polar surface area (TPSA) is 54.9 Å². The summed E-state index contributed by atoms with van der Waals surface area (Å²) >= 11 is 0. The third-order valence-corrected chi connectivity index (χ3v) is 2.59. The van der Waals surface area contributed by atoms with Gasteiger partial charge in [0.05, 0.1) is 17.8 Å². The van der Waals surface area contributed by atoms with Gasteiger partial charge in [0.25, 0.3) is 5.91 Å². The molecule has 2 rings (SSSR count). The second kappa shape index (κ2) is 5.86. The molecule has 1 aromatic heterocycles. The van der Waals surface area contributed by atoms with Crippen LogP contribution in [0.3, 0.4) is 0 Å². The van der Waals surface area contributed by atoms with E-state index in [2.05, 4.69) is 15.5 Å². The predicted octanol–water partition coefficient (Wildman–Crippen LogP) is 2.56. The summed E-state index contributed by atoms with van der Waals surface area (Å²) in [6.07, 6.45) is -3.41. The van der Waals surface area contributed by atoms with Crippen LogP contribution in [-0.2, 0) is 12.7 Å². The fraction of sp³-hybridized carbons (Fsp3) is 0.154. The third-order valence-electron chi connectivity index (χ3n) is 2.59. The number of nitrogens with one attached hydrogen (secondary N) is 1. The van der Waals surface area contributed by atoms with E-state index in [4.69, 9.17) is 0 Å². The summed E-state index contributed by atoms with van der Waals surface area (Å²) in [4.78, 5) is 11.8. The van der Waals surface area contributed by atoms with Crippen LogP contribution in [0.5, 0.6) is 0 Å². The summed E-state index contributed by atoms with van der Waals surface area (Å²) < 4.78 is 50.8. The number of halogens is 4. The number of carbonyl (C=O) groups excluding carboxylic acids is 1. The van der Waals surface area contributed by atoms with Gasteiger partial charge in [-0.25, -0.2) is 4.39 Å². The lowest BCUT2D eigenvalue weighted by molar-refractivity contribution is -0.140. The van der Waals surface area contributed by atoms with Gasteiger partial charge in [-0.2, -0.15) is 23.4 Å². The van der Waals surface area contributed by atoms with Gasteiger partial charge in [0.2, 0.25) is 0 Å². The second-order valence-corrected chi connectivity index (χ2v) is 4.09. The molecule has 2 aromatic rings. The summed E-state index contributed by atoms with van der Waals surface area (Å²) in [7, 11) is 0. The number of hydrogen-bond acceptors (Lipinski definition) is 3. The average molecular weight is 299 g/mol. The van der Waals surface area contributed by atoms with Gasteiger partial charge in [0.1, 0.15) is 5.82 Å². The molecule has 0 bridgehead atoms. The van der Waals surface area contributed by atoms with Crippen molar-refractivity contribution < 1.29 is 22.4 Å². The summed E-state index contributed by atoms with van der Waals surface area (Å²) in [6, 6.07) is 5.27. The van der Waals surface area contributed by atoms with E-state index in [0.29, 0.717) is 17.8 Å². The highest BCUT2D eigenvalue weighted by atomic mass is 19.4. The quantitative estimate of drug-likeness (QED) is 0.886. The molecule has 0 radical (unpaired) electrons. The molecule has 0 aliphatic heterocycles. The monoisotopic (exact) mass is 299 g/mol. The Morgan fingerprint density at radius 2 is 2.00 bits per heavy atom. The molecule has 0 atom stereocenters. The minimum atomic E-state index is -4.86. The Morgan fingerprint density at radius 3 is 2.62 bits per heavy atom. The molecule has 0 aliphatic rings. The Kier molecular flexibility index (Phi) is 4.15. The van der Waals surface area contributed by atoms with Gasteiger partial charge >= 0.3 is 6.18 Å². The van der Waals surface area contributed by atoms with Crippen molar-refractivity contribution in [2.45, 2.75) is 12.7 Å². The highest BCUT2D eigenvalue weighted by molar-refractivity contribution is 5.94. The van der Waals surface area contributed by atoms with Crippen molar-refractivity contribution in [1.29, 1.82) is 0 Å². The van der Waals surface area contributed by atoms with Gasteiger partial charge < -0.3 is 5.32 Å². The fourth-order valence-electron chi connectivity index (χ4n) is 1.58. The Bertz CT molecular complexity index is 644. The lowest BCUT2D eigenvalue weighted by Crippen LogP contribution is -2.24. The van der Waals surface area contributed by atoms with E-state index in [1.54, 1.807) is 12.1 Å². The molecule has 0 fully saturated rings. The molecule has 8 heteroatoms. The van der Waals surface area contributed by atoms with Gasteiger partial charge in [-0.15, -0.1) is 0 Å². The van der Waals surface area contributed by atoms with Crippen LogP contribution in [0.1, 0.15) is 21.6 Å². The van der Waals surface area contributed by atoms with Gasteiger partial charge in [0.15, 0.2) is 0 Å². The zero-order valence-electron chi connectivity index (χ0n) is 10.5. The Balaban J connectivity index is 2.13. The molecule has 0 saturated carbocycles. The molecule has 0 unspecified atom stereocenters. The second-order valence-electron chi connectivity index (χ2n) is 4.09. The summed E-state index contributed by atoms with van der Waals surface area (Å²) in [5, 5.41) is 9.69. The van der Waals surface area contributed by atoms with Gasteiger partial charge in [-0.3, -0.25) is 4.79 Å². The molecule has 1 aromatic carbocycles. The van der Waals surface area contributed by atoms with Crippen LogP contribution in [0.15, 0.2) is 36.5 Å². The number of nitrogens with zero attached hydrogens (tertiary/aromatic N) is 2. The van der Waals surface area contributed by atoms with Crippen LogP contribution in [0.2, 0.25) is 0 Å². The standard InChI is InChI=1S/C13H9F4N3O/c14-11-4-3-8(6-10(11)13(15,16)17)12(21)18-7-9-2-1-5-19-20-9/h1-6H,7H2,(H,18,21). The largest absolute Gasteiger partial charge is 0.419 e. The average Bonchev–Trinajstić information content (AvgIpc) is 2.45. The maximum atomic E-state index is 13.1. The molecule has 0 saturated heterocycles. The number of aromatic nitrogens is 2. The van der Waals surface area contributed by atoms with E-state index in [1.807, 2.05) is 0 Å². The van der Waals surface area contributed by atoms with Crippen molar-refractivity contribution in [3.63, 3.8) is 0 Å². The number of alkyl halides is 3. The van der Waals surface area contributed by atoms with Crippen LogP contribution in [0.25, 0.3) is 0 Å². The molecule has 4 nitrogen and oxygen atoms in total. The molecular weight excluding hydrogens is 290 g/mol. The van der Waals surface area contributed by atoms with Crippen molar-refractivity contribution in [2.75, 3.05) is 0 Å². The summed E-state index contributed by atoms with van der Waals surface area (Å²) in [5.41, 5.74) is -1.31. The van der Waals surface area contributed by atoms with Crippen LogP contribution in [0, 0.1) is 5.82 Å². The van der Waals surface area contributed by atoms with Gasteiger partial charge in [0, 0.05) is 11.8 Å². The summed E-state index contributed by atoms with van der Waals surface area (Å²) in [6.45, 7) is 0.00536.